The number of hydrogen-bond acceptors (Lipinski definition) is 1. The van der Waals surface area contributed by atoms with Crippen LogP contribution in [-0.4, -0.2) is 13.1 Å². The average Bonchev–Trinajstić information content (AvgIpc) is 2.53. The number of unbranched alkanes of at least 4 members (excludes halogenated alkanes) is 1. The maximum absolute atomic E-state index is 3.72. The summed E-state index contributed by atoms with van der Waals surface area (Å²) in [5.74, 6) is 0. The van der Waals surface area contributed by atoms with E-state index in [0.717, 1.165) is 13.0 Å². The zero-order valence-electron chi connectivity index (χ0n) is 8.94. The molecule has 13 heavy (non-hydrogen) atoms. The van der Waals surface area contributed by atoms with E-state index in [1.165, 1.54) is 38.6 Å². The zero-order chi connectivity index (χ0) is 9.57. The fourth-order valence-electron chi connectivity index (χ4n) is 2.17. The maximum atomic E-state index is 3.72. The predicted octanol–water partition coefficient (Wildman–Crippen LogP) is 3.12. The molecule has 0 aromatic rings. The topological polar surface area (TPSA) is 12.0 Å². The Kier molecular flexibility index (Phi) is 4.51. The lowest BCUT2D eigenvalue weighted by molar-refractivity contribution is 0.315. The standard InChI is InChI=1S/C12H23N/c1-3-4-7-10-13-11-12(2)8-5-6-9-12/h3,13H,1,4-11H2,2H3. The van der Waals surface area contributed by atoms with E-state index >= 15 is 0 Å². The van der Waals surface area contributed by atoms with E-state index in [1.54, 1.807) is 0 Å². The van der Waals surface area contributed by atoms with E-state index in [1.807, 2.05) is 6.08 Å². The van der Waals surface area contributed by atoms with Crippen molar-refractivity contribution in [2.75, 3.05) is 13.1 Å². The Balaban J connectivity index is 2.01. The molecule has 1 saturated carbocycles. The highest BCUT2D eigenvalue weighted by Crippen LogP contribution is 2.36. The zero-order valence-corrected chi connectivity index (χ0v) is 8.94. The molecule has 0 aliphatic heterocycles. The van der Waals surface area contributed by atoms with Gasteiger partial charge in [0.2, 0.25) is 0 Å². The summed E-state index contributed by atoms with van der Waals surface area (Å²) >= 11 is 0. The minimum Gasteiger partial charge on any atom is -0.316 e. The Morgan fingerprint density at radius 1 is 1.38 bits per heavy atom. The molecule has 0 spiro atoms. The van der Waals surface area contributed by atoms with Gasteiger partial charge in [-0.1, -0.05) is 25.8 Å². The molecule has 0 bridgehead atoms. The van der Waals surface area contributed by atoms with Gasteiger partial charge in [-0.15, -0.1) is 6.58 Å². The first kappa shape index (κ1) is 10.8. The number of hydrogen-bond donors (Lipinski definition) is 1. The Hall–Kier alpha value is -0.300. The van der Waals surface area contributed by atoms with Crippen LogP contribution >= 0.6 is 0 Å². The fourth-order valence-corrected chi connectivity index (χ4v) is 2.17. The molecule has 0 aromatic carbocycles. The summed E-state index contributed by atoms with van der Waals surface area (Å²) in [5, 5.41) is 3.55. The van der Waals surface area contributed by atoms with Crippen LogP contribution in [0.25, 0.3) is 0 Å². The third-order valence-electron chi connectivity index (χ3n) is 3.12. The first-order valence-corrected chi connectivity index (χ1v) is 5.58. The van der Waals surface area contributed by atoms with Crippen molar-refractivity contribution >= 4 is 0 Å². The summed E-state index contributed by atoms with van der Waals surface area (Å²) in [7, 11) is 0. The van der Waals surface area contributed by atoms with Crippen molar-refractivity contribution in [1.29, 1.82) is 0 Å². The summed E-state index contributed by atoms with van der Waals surface area (Å²) < 4.78 is 0. The molecule has 1 aliphatic rings. The van der Waals surface area contributed by atoms with Crippen LogP contribution in [0.1, 0.15) is 45.4 Å². The Bertz CT molecular complexity index is 145. The largest absolute Gasteiger partial charge is 0.316 e. The van der Waals surface area contributed by atoms with Gasteiger partial charge in [0.15, 0.2) is 0 Å². The first-order valence-electron chi connectivity index (χ1n) is 5.58. The number of allylic oxidation sites excluding steroid dienone is 1. The van der Waals surface area contributed by atoms with Crippen molar-refractivity contribution in [3.8, 4) is 0 Å². The molecule has 0 saturated heterocycles. The third-order valence-corrected chi connectivity index (χ3v) is 3.12. The van der Waals surface area contributed by atoms with Crippen LogP contribution in [-0.2, 0) is 0 Å². The van der Waals surface area contributed by atoms with Crippen LogP contribution in [0.15, 0.2) is 12.7 Å². The lowest BCUT2D eigenvalue weighted by Gasteiger charge is -2.23. The molecule has 0 heterocycles. The van der Waals surface area contributed by atoms with Gasteiger partial charge in [-0.2, -0.15) is 0 Å². The molecule has 1 aliphatic carbocycles. The van der Waals surface area contributed by atoms with Crippen LogP contribution in [0.2, 0.25) is 0 Å². The lowest BCUT2D eigenvalue weighted by atomic mass is 9.89. The van der Waals surface area contributed by atoms with Crippen molar-refractivity contribution in [3.05, 3.63) is 12.7 Å². The van der Waals surface area contributed by atoms with Gasteiger partial charge in [-0.05, 0) is 37.6 Å². The van der Waals surface area contributed by atoms with E-state index in [2.05, 4.69) is 18.8 Å². The van der Waals surface area contributed by atoms with Gasteiger partial charge in [0.05, 0.1) is 0 Å². The second-order valence-corrected chi connectivity index (χ2v) is 4.63. The Labute approximate surface area is 82.6 Å². The van der Waals surface area contributed by atoms with Gasteiger partial charge in [0.1, 0.15) is 0 Å². The molecule has 1 nitrogen and oxygen atoms in total. The van der Waals surface area contributed by atoms with E-state index in [4.69, 9.17) is 0 Å². The van der Waals surface area contributed by atoms with Gasteiger partial charge in [-0.25, -0.2) is 0 Å². The summed E-state index contributed by atoms with van der Waals surface area (Å²) in [6.07, 6.45) is 10.1. The Morgan fingerprint density at radius 2 is 2.08 bits per heavy atom. The van der Waals surface area contributed by atoms with Crippen LogP contribution in [0.5, 0.6) is 0 Å². The van der Waals surface area contributed by atoms with E-state index in [0.29, 0.717) is 5.41 Å². The molecule has 0 unspecified atom stereocenters. The van der Waals surface area contributed by atoms with Gasteiger partial charge in [0, 0.05) is 6.54 Å². The SMILES string of the molecule is C=CCCCNCC1(C)CCCC1. The van der Waals surface area contributed by atoms with Gasteiger partial charge < -0.3 is 5.32 Å². The predicted molar refractivity (Wildman–Crippen MR) is 58.9 cm³/mol. The molecule has 0 atom stereocenters. The van der Waals surface area contributed by atoms with Crippen LogP contribution < -0.4 is 5.32 Å². The van der Waals surface area contributed by atoms with Gasteiger partial charge >= 0.3 is 0 Å². The normalized spacial score (nSPS) is 20.4. The highest BCUT2D eigenvalue weighted by Gasteiger charge is 2.27. The van der Waals surface area contributed by atoms with Crippen LogP contribution in [0, 0.1) is 5.41 Å². The molecule has 0 radical (unpaired) electrons. The highest BCUT2D eigenvalue weighted by atomic mass is 14.9. The molecular formula is C12H23N. The second kappa shape index (κ2) is 5.43. The van der Waals surface area contributed by atoms with E-state index in [9.17, 15) is 0 Å². The van der Waals surface area contributed by atoms with Crippen molar-refractivity contribution < 1.29 is 0 Å². The molecule has 0 amide bonds. The molecule has 1 rings (SSSR count). The summed E-state index contributed by atoms with van der Waals surface area (Å²) in [4.78, 5) is 0. The van der Waals surface area contributed by atoms with E-state index < -0.39 is 0 Å². The second-order valence-electron chi connectivity index (χ2n) is 4.63. The molecule has 1 N–H and O–H groups in total. The maximum Gasteiger partial charge on any atom is 0.000516 e. The summed E-state index contributed by atoms with van der Waals surface area (Å²) in [6, 6.07) is 0. The minimum atomic E-state index is 0.605. The fraction of sp³-hybridized carbons (Fsp3) is 0.833. The highest BCUT2D eigenvalue weighted by molar-refractivity contribution is 4.82. The van der Waals surface area contributed by atoms with E-state index in [-0.39, 0.29) is 0 Å². The van der Waals surface area contributed by atoms with Crippen LogP contribution in [0.4, 0.5) is 0 Å². The molecule has 0 aromatic heterocycles. The quantitative estimate of drug-likeness (QED) is 0.490. The summed E-state index contributed by atoms with van der Waals surface area (Å²) in [6.45, 7) is 8.51. The first-order chi connectivity index (χ1) is 6.27. The average molecular weight is 181 g/mol. The summed E-state index contributed by atoms with van der Waals surface area (Å²) in [5.41, 5.74) is 0.605. The molecule has 1 fully saturated rings. The monoisotopic (exact) mass is 181 g/mol. The third kappa shape index (κ3) is 3.95. The van der Waals surface area contributed by atoms with Crippen molar-refractivity contribution in [2.24, 2.45) is 5.41 Å². The van der Waals surface area contributed by atoms with Crippen molar-refractivity contribution in [3.63, 3.8) is 0 Å². The number of nitrogens with one attached hydrogen (secondary N) is 1. The molecule has 1 heteroatoms. The molecular weight excluding hydrogens is 158 g/mol. The van der Waals surface area contributed by atoms with Gasteiger partial charge in [0.25, 0.3) is 0 Å². The van der Waals surface area contributed by atoms with Crippen LogP contribution in [0.3, 0.4) is 0 Å². The Morgan fingerprint density at radius 3 is 2.69 bits per heavy atom. The van der Waals surface area contributed by atoms with Crippen molar-refractivity contribution in [1.82, 2.24) is 5.32 Å². The smallest absolute Gasteiger partial charge is 0.000516 e. The minimum absolute atomic E-state index is 0.605. The van der Waals surface area contributed by atoms with Crippen molar-refractivity contribution in [2.45, 2.75) is 45.4 Å². The lowest BCUT2D eigenvalue weighted by Crippen LogP contribution is -2.30. The number of rotatable bonds is 6. The van der Waals surface area contributed by atoms with Gasteiger partial charge in [-0.3, -0.25) is 0 Å². The molecule has 76 valence electrons.